The first kappa shape index (κ1) is 58.1. The Bertz CT molecular complexity index is 1850. The number of rotatable bonds is 17. The quantitative estimate of drug-likeness (QED) is 0.0928. The average Bonchev–Trinajstić information content (AvgIpc) is 3.61. The van der Waals surface area contributed by atoms with Crippen LogP contribution >= 0.6 is 0 Å². The second-order valence-corrected chi connectivity index (χ2v) is 25.4. The van der Waals surface area contributed by atoms with Crippen LogP contribution < -0.4 is 0 Å². The van der Waals surface area contributed by atoms with Gasteiger partial charge in [0.2, 0.25) is 0 Å². The number of hydrogen-bond acceptors (Lipinski definition) is 19. The molecule has 3 saturated carbocycles. The average molecular weight is 1050 g/mol. The first-order chi connectivity index (χ1) is 34.3. The first-order valence-corrected chi connectivity index (χ1v) is 27.5. The highest BCUT2D eigenvalue weighted by Gasteiger charge is 2.67. The molecule has 25 atom stereocenters. The van der Waals surface area contributed by atoms with Gasteiger partial charge in [0.1, 0.15) is 30.5 Å². The Kier molecular flexibility index (Phi) is 18.0. The molecule has 4 aliphatic heterocycles. The molecule has 19 nitrogen and oxygen atoms in total. The molecule has 4 heterocycles. The van der Waals surface area contributed by atoms with E-state index in [1.807, 2.05) is 0 Å². The fourth-order valence-electron chi connectivity index (χ4n) is 15.5. The largest absolute Gasteiger partial charge is 0.394 e. The molecule has 11 N–H and O–H groups in total. The zero-order chi connectivity index (χ0) is 53.2. The Morgan fingerprint density at radius 1 is 0.644 bits per heavy atom. The van der Waals surface area contributed by atoms with Gasteiger partial charge in [0.15, 0.2) is 25.2 Å². The molecule has 4 aliphatic carbocycles. The highest BCUT2D eigenvalue weighted by Crippen LogP contribution is 2.75. The van der Waals surface area contributed by atoms with Crippen molar-refractivity contribution in [3.63, 3.8) is 0 Å². The molecule has 8 aliphatic rings. The molecule has 73 heavy (non-hydrogen) atoms. The SMILES string of the molecule is C[C@H](CC[C@@H](O[C@@H]1O[C@H](CO)C[C@H](O)C1O[C@@H]1O[C@H](CO)C[C@H](O)[C@H]1O)C(C)(C)O)C1CC[C@@]2(C)C3CC=C4C(CC[C@H](O[C@@H]5O[C@H](CO[C@@H]6O[C@H](CO)[C@@H](O)C[C@H]6O)C[C@H](O)[C@H]5O)C4(C)C)[C@]3(C)CC[C@]12C. The van der Waals surface area contributed by atoms with Crippen LogP contribution in [0, 0.1) is 45.3 Å². The Labute approximate surface area is 431 Å². The Balaban J connectivity index is 0.912. The number of ether oxygens (including phenoxy) is 8. The van der Waals surface area contributed by atoms with Gasteiger partial charge in [-0.15, -0.1) is 0 Å². The van der Waals surface area contributed by atoms with E-state index in [0.29, 0.717) is 24.2 Å². The van der Waals surface area contributed by atoms with E-state index in [1.165, 1.54) is 5.57 Å². The van der Waals surface area contributed by atoms with E-state index in [0.717, 1.165) is 51.4 Å². The van der Waals surface area contributed by atoms with Crippen molar-refractivity contribution in [1.29, 1.82) is 0 Å². The van der Waals surface area contributed by atoms with Gasteiger partial charge in [-0.1, -0.05) is 53.2 Å². The molecule has 4 saturated heterocycles. The highest BCUT2D eigenvalue weighted by molar-refractivity contribution is 5.30. The summed E-state index contributed by atoms with van der Waals surface area (Å²) in [5, 5.41) is 116. The summed E-state index contributed by atoms with van der Waals surface area (Å²) in [7, 11) is 0. The van der Waals surface area contributed by atoms with E-state index in [2.05, 4.69) is 47.6 Å². The minimum absolute atomic E-state index is 0.00629. The van der Waals surface area contributed by atoms with Gasteiger partial charge in [-0.05, 0) is 112 Å². The van der Waals surface area contributed by atoms with E-state index in [1.54, 1.807) is 13.8 Å². The Hall–Kier alpha value is -1.02. The highest BCUT2D eigenvalue weighted by atomic mass is 16.8. The van der Waals surface area contributed by atoms with Crippen molar-refractivity contribution in [2.24, 2.45) is 45.3 Å². The molecule has 0 bridgehead atoms. The van der Waals surface area contributed by atoms with Crippen molar-refractivity contribution in [3.05, 3.63) is 11.6 Å². The third-order valence-corrected chi connectivity index (χ3v) is 20.2. The second kappa shape index (κ2) is 22.6. The standard InChI is InChI=1S/C54H92O19/c1-27(9-13-42(51(4,5)65)72-49-45(37(61)20-29(24-56)68-49)73-48-44(64)35(59)19-28(23-55)67-48)31-15-16-54(8)40-12-10-32-33(52(40,6)17-18-53(31,54)7)11-14-41(50(32,2)3)71-47-43(63)36(60)21-30(69-47)26-66-46-38(62)22-34(58)39(25-57)70-46/h10,27-31,33-49,55-65H,9,11-26H2,1-8H3/t27-,28+,29+,30+,31?,33?,34+,35+,36+,37+,38-,39-,40?,41+,42-,43-,44-,45?,46-,47+,48+,49+,52+,53-,54+/m1/s1. The van der Waals surface area contributed by atoms with Crippen LogP contribution in [-0.4, -0.2) is 199 Å². The van der Waals surface area contributed by atoms with E-state index >= 15 is 0 Å². The molecular formula is C54H92O19. The maximum absolute atomic E-state index is 11.6. The van der Waals surface area contributed by atoms with Gasteiger partial charge in [-0.3, -0.25) is 0 Å². The van der Waals surface area contributed by atoms with Gasteiger partial charge >= 0.3 is 0 Å². The second-order valence-electron chi connectivity index (χ2n) is 25.4. The van der Waals surface area contributed by atoms with E-state index < -0.39 is 129 Å². The molecule has 0 amide bonds. The van der Waals surface area contributed by atoms with Crippen LogP contribution in [0.25, 0.3) is 0 Å². The summed E-state index contributed by atoms with van der Waals surface area (Å²) in [4.78, 5) is 0. The van der Waals surface area contributed by atoms with Gasteiger partial charge in [0.25, 0.3) is 0 Å². The zero-order valence-electron chi connectivity index (χ0n) is 44.5. The predicted octanol–water partition coefficient (Wildman–Crippen LogP) is 1.91. The summed E-state index contributed by atoms with van der Waals surface area (Å²) in [6.07, 6.45) is -7.99. The maximum Gasteiger partial charge on any atom is 0.187 e. The van der Waals surface area contributed by atoms with Crippen LogP contribution in [0.15, 0.2) is 11.6 Å². The Morgan fingerprint density at radius 2 is 1.26 bits per heavy atom. The minimum Gasteiger partial charge on any atom is -0.394 e. The summed E-state index contributed by atoms with van der Waals surface area (Å²) in [5.41, 5.74) is -0.218. The van der Waals surface area contributed by atoms with Gasteiger partial charge in [0.05, 0.1) is 87.0 Å². The van der Waals surface area contributed by atoms with Crippen molar-refractivity contribution in [2.45, 2.75) is 255 Å². The van der Waals surface area contributed by atoms with Gasteiger partial charge in [-0.25, -0.2) is 0 Å². The van der Waals surface area contributed by atoms with E-state index in [9.17, 15) is 56.2 Å². The van der Waals surface area contributed by atoms with Crippen molar-refractivity contribution in [2.75, 3.05) is 26.4 Å². The molecule has 0 radical (unpaired) electrons. The molecule has 0 aromatic rings. The third kappa shape index (κ3) is 11.3. The van der Waals surface area contributed by atoms with Gasteiger partial charge < -0.3 is 94.1 Å². The van der Waals surface area contributed by atoms with Crippen molar-refractivity contribution in [3.8, 4) is 0 Å². The van der Waals surface area contributed by atoms with Crippen molar-refractivity contribution >= 4 is 0 Å². The smallest absolute Gasteiger partial charge is 0.187 e. The minimum atomic E-state index is -1.46. The topological polar surface area (TPSA) is 296 Å². The molecule has 0 spiro atoms. The third-order valence-electron chi connectivity index (χ3n) is 20.2. The number of hydrogen-bond donors (Lipinski definition) is 11. The van der Waals surface area contributed by atoms with Crippen molar-refractivity contribution < 1.29 is 94.1 Å². The van der Waals surface area contributed by atoms with E-state index in [4.69, 9.17) is 37.9 Å². The van der Waals surface area contributed by atoms with Crippen LogP contribution in [0.3, 0.4) is 0 Å². The van der Waals surface area contributed by atoms with Crippen molar-refractivity contribution in [1.82, 2.24) is 0 Å². The molecule has 0 aromatic heterocycles. The van der Waals surface area contributed by atoms with Crippen LogP contribution in [0.5, 0.6) is 0 Å². The Morgan fingerprint density at radius 3 is 1.90 bits per heavy atom. The summed E-state index contributed by atoms with van der Waals surface area (Å²) in [6.45, 7) is 16.4. The van der Waals surface area contributed by atoms with Gasteiger partial charge in [0, 0.05) is 31.1 Å². The number of aliphatic hydroxyl groups is 11. The summed E-state index contributed by atoms with van der Waals surface area (Å²) in [5.74, 6) is 1.46. The normalized spacial score (nSPS) is 49.0. The monoisotopic (exact) mass is 1040 g/mol. The lowest BCUT2D eigenvalue weighted by Gasteiger charge is -2.66. The fraction of sp³-hybridized carbons (Fsp3) is 0.963. The maximum atomic E-state index is 11.6. The number of aliphatic hydroxyl groups excluding tert-OH is 10. The van der Waals surface area contributed by atoms with E-state index in [-0.39, 0.29) is 67.2 Å². The van der Waals surface area contributed by atoms with Crippen LogP contribution in [0.4, 0.5) is 0 Å². The van der Waals surface area contributed by atoms with Crippen LogP contribution in [-0.2, 0) is 37.9 Å². The lowest BCUT2D eigenvalue weighted by molar-refractivity contribution is -0.355. The molecule has 7 fully saturated rings. The molecular weight excluding hydrogens is 953 g/mol. The first-order valence-electron chi connectivity index (χ1n) is 27.5. The number of fused-ring (bicyclic) bond motifs is 5. The number of allylic oxidation sites excluding steroid dienone is 1. The summed E-state index contributed by atoms with van der Waals surface area (Å²) < 4.78 is 48.9. The predicted molar refractivity (Wildman–Crippen MR) is 261 cm³/mol. The fourth-order valence-corrected chi connectivity index (χ4v) is 15.5. The van der Waals surface area contributed by atoms with Crippen LogP contribution in [0.2, 0.25) is 0 Å². The molecule has 4 unspecified atom stereocenters. The molecule has 19 heteroatoms. The summed E-state index contributed by atoms with van der Waals surface area (Å²) in [6, 6.07) is 0. The molecule has 8 rings (SSSR count). The molecule has 422 valence electrons. The lowest BCUT2D eigenvalue weighted by Crippen LogP contribution is -2.60. The van der Waals surface area contributed by atoms with Crippen LogP contribution in [0.1, 0.15) is 139 Å². The summed E-state index contributed by atoms with van der Waals surface area (Å²) >= 11 is 0. The zero-order valence-corrected chi connectivity index (χ0v) is 44.5. The lowest BCUT2D eigenvalue weighted by atomic mass is 9.39. The molecule has 0 aromatic carbocycles. The van der Waals surface area contributed by atoms with Gasteiger partial charge in [-0.2, -0.15) is 0 Å².